The van der Waals surface area contributed by atoms with E-state index in [1.165, 1.54) is 12.1 Å². The number of thiophene rings is 1. The Morgan fingerprint density at radius 1 is 1.05 bits per heavy atom. The molecule has 4 atom stereocenters. The molecule has 5 N–H and O–H groups in total. The lowest BCUT2D eigenvalue weighted by Gasteiger charge is -2.35. The van der Waals surface area contributed by atoms with E-state index in [1.807, 2.05) is 30.3 Å². The first-order valence-corrected chi connectivity index (χ1v) is 16.9. The number of aliphatic hydroxyl groups excluding tert-OH is 1. The third-order valence-corrected chi connectivity index (χ3v) is 10.4. The Labute approximate surface area is 256 Å². The van der Waals surface area contributed by atoms with Crippen molar-refractivity contribution in [3.8, 4) is 0 Å². The number of alkyl halides is 2. The maximum atomic E-state index is 14.2. The summed E-state index contributed by atoms with van der Waals surface area (Å²) in [7, 11) is -5.76. The number of carbonyl (C=O) groups is 3. The zero-order valence-corrected chi connectivity index (χ0v) is 25.4. The number of hydrogen-bond donors (Lipinski definition) is 5. The first-order chi connectivity index (χ1) is 20.9. The number of benzene rings is 2. The molecule has 14 heteroatoms. The minimum Gasteiger partial charge on any atom is -0.394 e. The van der Waals surface area contributed by atoms with Crippen LogP contribution in [0.25, 0.3) is 10.1 Å². The zero-order chi connectivity index (χ0) is 31.6. The molecule has 0 saturated carbocycles. The van der Waals surface area contributed by atoms with Crippen molar-refractivity contribution in [2.75, 3.05) is 6.61 Å². The first kappa shape index (κ1) is 32.2. The number of nitrogens with one attached hydrogen (secondary N) is 2. The summed E-state index contributed by atoms with van der Waals surface area (Å²) in [5.74, 6) is -1.31. The second-order valence-electron chi connectivity index (χ2n) is 11.3. The number of carbonyl (C=O) groups excluding carboxylic acids is 3. The molecule has 1 unspecified atom stereocenters. The van der Waals surface area contributed by atoms with Gasteiger partial charge in [-0.25, -0.2) is 0 Å². The van der Waals surface area contributed by atoms with Crippen LogP contribution >= 0.6 is 18.9 Å². The van der Waals surface area contributed by atoms with Crippen LogP contribution in [0.2, 0.25) is 0 Å². The SMILES string of the molecule is O=C(N[C@H]1CCCC[C@H]2CC[C@@H](C(=O)NC(CO)Cc3ccccc3)N2C1=O)c1cc2cc(C(F)(F)P(=O)(O)O)ccc2s1. The van der Waals surface area contributed by atoms with Crippen LogP contribution in [-0.4, -0.2) is 68.3 Å². The van der Waals surface area contributed by atoms with E-state index < -0.39 is 42.9 Å². The molecule has 0 aliphatic carbocycles. The van der Waals surface area contributed by atoms with E-state index in [4.69, 9.17) is 9.79 Å². The summed E-state index contributed by atoms with van der Waals surface area (Å²) in [5.41, 5.74) is -4.30. The number of nitrogens with zero attached hydrogens (tertiary/aromatic N) is 1. The van der Waals surface area contributed by atoms with Gasteiger partial charge in [0.15, 0.2) is 0 Å². The molecule has 0 spiro atoms. The summed E-state index contributed by atoms with van der Waals surface area (Å²) in [5, 5.41) is 15.8. The van der Waals surface area contributed by atoms with E-state index >= 15 is 0 Å². The molecule has 1 aromatic heterocycles. The Kier molecular flexibility index (Phi) is 9.52. The molecule has 2 saturated heterocycles. The van der Waals surface area contributed by atoms with Gasteiger partial charge in [-0.1, -0.05) is 49.2 Å². The van der Waals surface area contributed by atoms with Gasteiger partial charge in [-0.05, 0) is 61.3 Å². The van der Waals surface area contributed by atoms with Crippen LogP contribution in [0.15, 0.2) is 54.6 Å². The molecule has 2 aliphatic rings. The summed E-state index contributed by atoms with van der Waals surface area (Å²) >= 11 is 1.00. The zero-order valence-electron chi connectivity index (χ0n) is 23.7. The van der Waals surface area contributed by atoms with Crippen LogP contribution in [0.5, 0.6) is 0 Å². The first-order valence-electron chi connectivity index (χ1n) is 14.4. The van der Waals surface area contributed by atoms with Crippen molar-refractivity contribution in [3.05, 3.63) is 70.6 Å². The Morgan fingerprint density at radius 3 is 2.48 bits per heavy atom. The van der Waals surface area contributed by atoms with E-state index in [2.05, 4.69) is 10.6 Å². The molecule has 3 heterocycles. The van der Waals surface area contributed by atoms with Gasteiger partial charge in [0.25, 0.3) is 5.91 Å². The topological polar surface area (TPSA) is 156 Å². The third-order valence-electron chi connectivity index (χ3n) is 8.29. The molecule has 44 heavy (non-hydrogen) atoms. The molecule has 5 rings (SSSR count). The maximum absolute atomic E-state index is 14.2. The fraction of sp³-hybridized carbons (Fsp3) is 0.433. The Bertz CT molecular complexity index is 1580. The quantitative estimate of drug-likeness (QED) is 0.220. The normalized spacial score (nSPS) is 21.8. The minimum atomic E-state index is -5.76. The molecule has 2 aromatic carbocycles. The van der Waals surface area contributed by atoms with Crippen LogP contribution in [0.4, 0.5) is 8.78 Å². The second-order valence-corrected chi connectivity index (χ2v) is 14.1. The van der Waals surface area contributed by atoms with Crippen molar-refractivity contribution in [2.45, 2.75) is 74.8 Å². The average Bonchev–Trinajstić information content (AvgIpc) is 3.61. The highest BCUT2D eigenvalue weighted by Gasteiger charge is 2.50. The highest BCUT2D eigenvalue weighted by atomic mass is 32.1. The highest BCUT2D eigenvalue weighted by molar-refractivity contribution is 7.52. The van der Waals surface area contributed by atoms with Gasteiger partial charge in [-0.2, -0.15) is 8.78 Å². The maximum Gasteiger partial charge on any atom is 0.399 e. The van der Waals surface area contributed by atoms with E-state index in [0.29, 0.717) is 36.8 Å². The van der Waals surface area contributed by atoms with Crippen LogP contribution in [0.3, 0.4) is 0 Å². The van der Waals surface area contributed by atoms with Crippen LogP contribution in [0.1, 0.15) is 59.3 Å². The minimum absolute atomic E-state index is 0.144. The van der Waals surface area contributed by atoms with Gasteiger partial charge >= 0.3 is 13.3 Å². The summed E-state index contributed by atoms with van der Waals surface area (Å²) in [6.07, 6.45) is 4.13. The van der Waals surface area contributed by atoms with Gasteiger partial charge in [-0.3, -0.25) is 18.9 Å². The lowest BCUT2D eigenvalue weighted by Crippen LogP contribution is -2.57. The predicted molar refractivity (Wildman–Crippen MR) is 160 cm³/mol. The molecule has 0 bridgehead atoms. The Hall–Kier alpha value is -3.22. The monoisotopic (exact) mass is 649 g/mol. The number of aliphatic hydroxyl groups is 1. The fourth-order valence-corrected chi connectivity index (χ4v) is 7.44. The molecular weight excluding hydrogens is 615 g/mol. The molecule has 2 aliphatic heterocycles. The lowest BCUT2D eigenvalue weighted by molar-refractivity contribution is -0.143. The number of hydrogen-bond acceptors (Lipinski definition) is 6. The lowest BCUT2D eigenvalue weighted by atomic mass is 9.99. The van der Waals surface area contributed by atoms with Crippen molar-refractivity contribution >= 4 is 46.7 Å². The second kappa shape index (κ2) is 13.0. The number of amides is 3. The van der Waals surface area contributed by atoms with Crippen molar-refractivity contribution in [3.63, 3.8) is 0 Å². The third kappa shape index (κ3) is 6.72. The molecule has 236 valence electrons. The largest absolute Gasteiger partial charge is 0.399 e. The standard InChI is InChI=1S/C30H34F2N3O7PS/c31-30(32,43(40,41)42)20-10-13-25-19(15-20)16-26(44-25)28(38)34-23-9-5-4-8-22-11-12-24(35(22)29(23)39)27(37)33-21(17-36)14-18-6-2-1-3-7-18/h1-3,6-7,10,13,15-16,21-24,36H,4-5,8-9,11-12,14,17H2,(H,33,37)(H,34,38)(H2,40,41,42)/t21?,22-,23-,24-/m0/s1. The highest BCUT2D eigenvalue weighted by Crippen LogP contribution is 2.59. The van der Waals surface area contributed by atoms with Crippen molar-refractivity contribution in [1.29, 1.82) is 0 Å². The Balaban J connectivity index is 1.30. The van der Waals surface area contributed by atoms with Gasteiger partial charge in [-0.15, -0.1) is 11.3 Å². The number of fused-ring (bicyclic) bond motifs is 2. The van der Waals surface area contributed by atoms with E-state index in [0.717, 1.165) is 41.9 Å². The van der Waals surface area contributed by atoms with Gasteiger partial charge in [0.05, 0.1) is 17.5 Å². The molecule has 10 nitrogen and oxygen atoms in total. The summed E-state index contributed by atoms with van der Waals surface area (Å²) in [6, 6.07) is 11.6. The molecular formula is C30H34F2N3O7PS. The van der Waals surface area contributed by atoms with E-state index in [1.54, 1.807) is 4.90 Å². The van der Waals surface area contributed by atoms with Gasteiger partial charge in [0.1, 0.15) is 12.1 Å². The van der Waals surface area contributed by atoms with Crippen LogP contribution < -0.4 is 10.6 Å². The van der Waals surface area contributed by atoms with E-state index in [-0.39, 0.29) is 34.7 Å². The smallest absolute Gasteiger partial charge is 0.394 e. The van der Waals surface area contributed by atoms with Gasteiger partial charge < -0.3 is 30.4 Å². The van der Waals surface area contributed by atoms with Gasteiger partial charge in [0, 0.05) is 16.3 Å². The predicted octanol–water partition coefficient (Wildman–Crippen LogP) is 3.88. The van der Waals surface area contributed by atoms with E-state index in [9.17, 15) is 32.8 Å². The summed E-state index contributed by atoms with van der Waals surface area (Å²) in [4.78, 5) is 60.4. The van der Waals surface area contributed by atoms with Crippen LogP contribution in [-0.2, 0) is 26.2 Å². The molecule has 2 fully saturated rings. The molecule has 3 amide bonds. The summed E-state index contributed by atoms with van der Waals surface area (Å²) in [6.45, 7) is -0.267. The molecule has 3 aromatic rings. The summed E-state index contributed by atoms with van der Waals surface area (Å²) < 4.78 is 40.2. The number of rotatable bonds is 9. The van der Waals surface area contributed by atoms with Crippen molar-refractivity contribution in [1.82, 2.24) is 15.5 Å². The van der Waals surface area contributed by atoms with Crippen molar-refractivity contribution < 1.29 is 42.6 Å². The Morgan fingerprint density at radius 2 is 1.77 bits per heavy atom. The van der Waals surface area contributed by atoms with Gasteiger partial charge in [0.2, 0.25) is 11.8 Å². The molecule has 0 radical (unpaired) electrons. The van der Waals surface area contributed by atoms with Crippen LogP contribution in [0, 0.1) is 0 Å². The number of halogens is 2. The fourth-order valence-electron chi connectivity index (χ4n) is 6.02. The average molecular weight is 650 g/mol. The van der Waals surface area contributed by atoms with Crippen molar-refractivity contribution in [2.24, 2.45) is 0 Å².